The fraction of sp³-hybridized carbons (Fsp3) is 0.750. The molecule has 7 heteroatoms. The van der Waals surface area contributed by atoms with Crippen LogP contribution in [0.25, 0.3) is 0 Å². The van der Waals surface area contributed by atoms with Crippen LogP contribution in [-0.4, -0.2) is 35.9 Å². The molecule has 4 saturated carbocycles. The Balaban J connectivity index is 1.34. The SMILES string of the molecule is CC(=O)O[C@@H]1CC[C@@]2(C)[C@H](CCC3[C@@H]2CC[C@]2(C)[C@@H](c4ccc(=O)oc4)[C@@H](OC(C)=O)[C@H]4O[C@]342)C1. The molecule has 5 aliphatic rings. The van der Waals surface area contributed by atoms with Crippen molar-refractivity contribution < 1.29 is 28.2 Å². The maximum atomic E-state index is 12.1. The average Bonchev–Trinajstić information content (AvgIpc) is 3.49. The first-order valence-electron chi connectivity index (χ1n) is 13.2. The molecule has 7 nitrogen and oxygen atoms in total. The fourth-order valence-electron chi connectivity index (χ4n) is 9.42. The molecule has 1 spiro atoms. The first kappa shape index (κ1) is 23.3. The normalized spacial score (nSPS) is 47.5. The van der Waals surface area contributed by atoms with Crippen LogP contribution >= 0.6 is 0 Å². The van der Waals surface area contributed by atoms with E-state index in [4.69, 9.17) is 18.6 Å². The van der Waals surface area contributed by atoms with E-state index < -0.39 is 0 Å². The van der Waals surface area contributed by atoms with Crippen molar-refractivity contribution in [1.29, 1.82) is 0 Å². The molecule has 0 N–H and O–H groups in total. The molecular weight excluding hydrogens is 448 g/mol. The van der Waals surface area contributed by atoms with Crippen molar-refractivity contribution in [2.75, 3.05) is 0 Å². The topological polar surface area (TPSA) is 95.3 Å². The molecule has 10 atom stereocenters. The molecule has 1 unspecified atom stereocenters. The zero-order chi connectivity index (χ0) is 24.8. The van der Waals surface area contributed by atoms with Crippen LogP contribution in [0.5, 0.6) is 0 Å². The van der Waals surface area contributed by atoms with Crippen molar-refractivity contribution >= 4 is 11.9 Å². The number of hydrogen-bond donors (Lipinski definition) is 0. The summed E-state index contributed by atoms with van der Waals surface area (Å²) in [7, 11) is 0. The lowest BCUT2D eigenvalue weighted by Gasteiger charge is -2.61. The van der Waals surface area contributed by atoms with Crippen LogP contribution in [0.1, 0.15) is 84.1 Å². The summed E-state index contributed by atoms with van der Waals surface area (Å²) in [6.45, 7) is 7.72. The van der Waals surface area contributed by atoms with E-state index in [0.29, 0.717) is 17.8 Å². The highest BCUT2D eigenvalue weighted by Gasteiger charge is 2.84. The van der Waals surface area contributed by atoms with Crippen LogP contribution in [0, 0.1) is 28.6 Å². The lowest BCUT2D eigenvalue weighted by molar-refractivity contribution is -0.166. The highest BCUT2D eigenvalue weighted by Crippen LogP contribution is 2.78. The summed E-state index contributed by atoms with van der Waals surface area (Å²) in [6, 6.07) is 3.29. The predicted octanol–water partition coefficient (Wildman–Crippen LogP) is 4.37. The van der Waals surface area contributed by atoms with Crippen molar-refractivity contribution in [1.82, 2.24) is 0 Å². The van der Waals surface area contributed by atoms with Crippen LogP contribution in [0.3, 0.4) is 0 Å². The van der Waals surface area contributed by atoms with E-state index in [2.05, 4.69) is 13.8 Å². The minimum Gasteiger partial charge on any atom is -0.463 e. The number of epoxide rings is 1. The number of carbonyl (C=O) groups is 2. The van der Waals surface area contributed by atoms with Gasteiger partial charge in [-0.15, -0.1) is 0 Å². The number of rotatable bonds is 3. The van der Waals surface area contributed by atoms with E-state index in [1.54, 1.807) is 6.26 Å². The minimum absolute atomic E-state index is 0.0380. The molecule has 0 radical (unpaired) electrons. The molecule has 6 rings (SSSR count). The lowest BCUT2D eigenvalue weighted by Crippen LogP contribution is -2.58. The monoisotopic (exact) mass is 484 g/mol. The van der Waals surface area contributed by atoms with Gasteiger partial charge in [0.2, 0.25) is 0 Å². The fourth-order valence-corrected chi connectivity index (χ4v) is 9.42. The maximum absolute atomic E-state index is 12.1. The van der Waals surface area contributed by atoms with E-state index >= 15 is 0 Å². The van der Waals surface area contributed by atoms with Gasteiger partial charge in [0.25, 0.3) is 0 Å². The van der Waals surface area contributed by atoms with Crippen LogP contribution in [-0.2, 0) is 23.8 Å². The molecule has 1 aromatic heterocycles. The summed E-state index contributed by atoms with van der Waals surface area (Å²) in [4.78, 5) is 35.4. The summed E-state index contributed by atoms with van der Waals surface area (Å²) in [5.41, 5.74) is 0.194. The molecule has 190 valence electrons. The summed E-state index contributed by atoms with van der Waals surface area (Å²) in [6.07, 6.45) is 8.28. The van der Waals surface area contributed by atoms with Crippen LogP contribution in [0.4, 0.5) is 0 Å². The number of fused-ring (bicyclic) bond motifs is 3. The molecule has 1 aromatic rings. The highest BCUT2D eigenvalue weighted by atomic mass is 16.7. The van der Waals surface area contributed by atoms with Gasteiger partial charge in [-0.3, -0.25) is 9.59 Å². The minimum atomic E-state index is -0.380. The second kappa shape index (κ2) is 7.67. The molecule has 0 amide bonds. The second-order valence-electron chi connectivity index (χ2n) is 12.2. The maximum Gasteiger partial charge on any atom is 0.335 e. The van der Waals surface area contributed by atoms with Gasteiger partial charge in [-0.05, 0) is 79.7 Å². The Hall–Kier alpha value is -2.15. The van der Waals surface area contributed by atoms with Crippen LogP contribution < -0.4 is 5.63 Å². The summed E-state index contributed by atoms with van der Waals surface area (Å²) < 4.78 is 23.5. The van der Waals surface area contributed by atoms with Gasteiger partial charge in [-0.25, -0.2) is 4.79 Å². The molecule has 35 heavy (non-hydrogen) atoms. The van der Waals surface area contributed by atoms with Gasteiger partial charge in [0.1, 0.15) is 23.9 Å². The Morgan fingerprint density at radius 2 is 1.74 bits per heavy atom. The van der Waals surface area contributed by atoms with E-state index in [1.165, 1.54) is 19.9 Å². The summed E-state index contributed by atoms with van der Waals surface area (Å²) in [5, 5.41) is 0. The van der Waals surface area contributed by atoms with E-state index in [1.807, 2.05) is 6.07 Å². The summed E-state index contributed by atoms with van der Waals surface area (Å²) in [5.74, 6) is 0.922. The molecule has 2 heterocycles. The van der Waals surface area contributed by atoms with Crippen molar-refractivity contribution in [3.8, 4) is 0 Å². The molecule has 1 aliphatic heterocycles. The Bertz CT molecular complexity index is 1090. The molecule has 4 aliphatic carbocycles. The number of hydrogen-bond acceptors (Lipinski definition) is 7. The van der Waals surface area contributed by atoms with Gasteiger partial charge in [0.05, 0.1) is 6.26 Å². The van der Waals surface area contributed by atoms with Gasteiger partial charge in [0, 0.05) is 31.2 Å². The van der Waals surface area contributed by atoms with Crippen molar-refractivity contribution in [2.24, 2.45) is 28.6 Å². The van der Waals surface area contributed by atoms with Gasteiger partial charge < -0.3 is 18.6 Å². The summed E-state index contributed by atoms with van der Waals surface area (Å²) >= 11 is 0. The molecule has 5 fully saturated rings. The second-order valence-corrected chi connectivity index (χ2v) is 12.2. The first-order valence-corrected chi connectivity index (χ1v) is 13.2. The standard InChI is InChI=1S/C28H36O7/c1-15(29)33-19-9-11-26(3)18(13-19)6-7-21-20(26)10-12-27(4)23(17-5-8-22(31)32-14-17)24(34-16(2)30)25-28(21,27)35-25/h5,8,14,18-21,23-25H,6-7,9-13H2,1-4H3/t18-,19-,20+,21?,23+,24-,25-,26+,27-,28-/m1/s1. The molecule has 1 saturated heterocycles. The number of carbonyl (C=O) groups excluding carboxylic acids is 2. The van der Waals surface area contributed by atoms with Crippen LogP contribution in [0.2, 0.25) is 0 Å². The quantitative estimate of drug-likeness (QED) is 0.464. The van der Waals surface area contributed by atoms with E-state index in [-0.39, 0.29) is 58.2 Å². The third-order valence-electron chi connectivity index (χ3n) is 10.8. The lowest BCUT2D eigenvalue weighted by atomic mass is 9.44. The third kappa shape index (κ3) is 3.15. The largest absolute Gasteiger partial charge is 0.463 e. The van der Waals surface area contributed by atoms with Crippen molar-refractivity contribution in [3.63, 3.8) is 0 Å². The van der Waals surface area contributed by atoms with Crippen molar-refractivity contribution in [3.05, 3.63) is 34.4 Å². The van der Waals surface area contributed by atoms with Gasteiger partial charge >= 0.3 is 17.6 Å². The zero-order valence-electron chi connectivity index (χ0n) is 21.1. The smallest absolute Gasteiger partial charge is 0.335 e. The Morgan fingerprint density at radius 1 is 0.971 bits per heavy atom. The Labute approximate surface area is 205 Å². The molecule has 0 bridgehead atoms. The first-order chi connectivity index (χ1) is 16.6. The highest BCUT2D eigenvalue weighted by molar-refractivity contribution is 5.67. The van der Waals surface area contributed by atoms with Crippen molar-refractivity contribution in [2.45, 2.75) is 102 Å². The average molecular weight is 485 g/mol. The van der Waals surface area contributed by atoms with E-state index in [9.17, 15) is 14.4 Å². The Morgan fingerprint density at radius 3 is 2.43 bits per heavy atom. The predicted molar refractivity (Wildman–Crippen MR) is 125 cm³/mol. The molecule has 0 aromatic carbocycles. The molecular formula is C28H36O7. The van der Waals surface area contributed by atoms with Gasteiger partial charge in [-0.2, -0.15) is 0 Å². The number of esters is 2. The Kier molecular flexibility index (Phi) is 5.10. The van der Waals surface area contributed by atoms with Crippen LogP contribution in [0.15, 0.2) is 27.6 Å². The zero-order valence-corrected chi connectivity index (χ0v) is 21.1. The van der Waals surface area contributed by atoms with Gasteiger partial charge in [-0.1, -0.05) is 13.8 Å². The van der Waals surface area contributed by atoms with Gasteiger partial charge in [0.15, 0.2) is 0 Å². The van der Waals surface area contributed by atoms with E-state index in [0.717, 1.165) is 50.5 Å². The number of ether oxygens (including phenoxy) is 3. The third-order valence-corrected chi connectivity index (χ3v) is 10.8.